The highest BCUT2D eigenvalue weighted by molar-refractivity contribution is 5.72. The predicted molar refractivity (Wildman–Crippen MR) is 66.6 cm³/mol. The number of hydrogen-bond donors (Lipinski definition) is 1. The molecule has 0 amide bonds. The monoisotopic (exact) mass is 257 g/mol. The molecular formula is C13H23NO4. The number of aliphatic carboxylic acids is 1. The van der Waals surface area contributed by atoms with Crippen LogP contribution < -0.4 is 0 Å². The molecule has 3 atom stereocenters. The lowest BCUT2D eigenvalue weighted by molar-refractivity contribution is -0.149. The van der Waals surface area contributed by atoms with Crippen molar-refractivity contribution in [3.05, 3.63) is 0 Å². The van der Waals surface area contributed by atoms with E-state index in [0.717, 1.165) is 45.5 Å². The lowest BCUT2D eigenvalue weighted by Crippen LogP contribution is -2.38. The summed E-state index contributed by atoms with van der Waals surface area (Å²) in [7, 11) is 0. The first kappa shape index (κ1) is 13.8. The number of nitrogens with zero attached hydrogens (tertiary/aromatic N) is 1. The van der Waals surface area contributed by atoms with Gasteiger partial charge in [0.15, 0.2) is 6.10 Å². The Balaban J connectivity index is 1.74. The first-order valence-electron chi connectivity index (χ1n) is 6.91. The second-order valence-electron chi connectivity index (χ2n) is 5.15. The van der Waals surface area contributed by atoms with Gasteiger partial charge in [-0.15, -0.1) is 0 Å². The summed E-state index contributed by atoms with van der Waals surface area (Å²) in [4.78, 5) is 13.1. The zero-order valence-electron chi connectivity index (χ0n) is 11.0. The summed E-state index contributed by atoms with van der Waals surface area (Å²) in [5, 5.41) is 8.89. The topological polar surface area (TPSA) is 59.0 Å². The van der Waals surface area contributed by atoms with E-state index in [1.54, 1.807) is 0 Å². The Kier molecular flexibility index (Phi) is 4.97. The van der Waals surface area contributed by atoms with E-state index < -0.39 is 12.1 Å². The van der Waals surface area contributed by atoms with Crippen LogP contribution >= 0.6 is 0 Å². The molecule has 0 aliphatic carbocycles. The van der Waals surface area contributed by atoms with Crippen LogP contribution in [-0.4, -0.2) is 60.5 Å². The van der Waals surface area contributed by atoms with Gasteiger partial charge in [-0.3, -0.25) is 4.90 Å². The van der Waals surface area contributed by atoms with Crippen LogP contribution in [0.2, 0.25) is 0 Å². The van der Waals surface area contributed by atoms with Gasteiger partial charge in [-0.25, -0.2) is 4.79 Å². The van der Waals surface area contributed by atoms with E-state index in [0.29, 0.717) is 12.5 Å². The van der Waals surface area contributed by atoms with Crippen molar-refractivity contribution in [2.45, 2.75) is 50.9 Å². The first-order chi connectivity index (χ1) is 8.69. The molecule has 5 heteroatoms. The van der Waals surface area contributed by atoms with Gasteiger partial charge in [-0.2, -0.15) is 0 Å². The SMILES string of the molecule is CCN(CC1CCCO1)CC1CCC(C(=O)O)O1. The molecule has 2 aliphatic heterocycles. The van der Waals surface area contributed by atoms with Gasteiger partial charge in [0.05, 0.1) is 12.2 Å². The van der Waals surface area contributed by atoms with Crippen molar-refractivity contribution in [1.82, 2.24) is 4.90 Å². The van der Waals surface area contributed by atoms with E-state index in [2.05, 4.69) is 11.8 Å². The zero-order chi connectivity index (χ0) is 13.0. The fraction of sp³-hybridized carbons (Fsp3) is 0.923. The molecule has 0 saturated carbocycles. The molecule has 0 aromatic carbocycles. The van der Waals surface area contributed by atoms with E-state index in [1.165, 1.54) is 0 Å². The Morgan fingerprint density at radius 2 is 2.06 bits per heavy atom. The molecule has 0 radical (unpaired) electrons. The third kappa shape index (κ3) is 3.67. The number of carbonyl (C=O) groups is 1. The van der Waals surface area contributed by atoms with E-state index >= 15 is 0 Å². The van der Waals surface area contributed by atoms with Gasteiger partial charge in [-0.05, 0) is 32.2 Å². The van der Waals surface area contributed by atoms with E-state index in [-0.39, 0.29) is 6.10 Å². The van der Waals surface area contributed by atoms with Crippen molar-refractivity contribution in [3.63, 3.8) is 0 Å². The minimum atomic E-state index is -0.834. The van der Waals surface area contributed by atoms with Gasteiger partial charge in [0, 0.05) is 19.7 Å². The number of carboxylic acid groups (broad SMARTS) is 1. The van der Waals surface area contributed by atoms with Crippen molar-refractivity contribution in [2.24, 2.45) is 0 Å². The summed E-state index contributed by atoms with van der Waals surface area (Å²) >= 11 is 0. The Morgan fingerprint density at radius 3 is 2.61 bits per heavy atom. The summed E-state index contributed by atoms with van der Waals surface area (Å²) in [5.74, 6) is -0.834. The number of rotatable bonds is 6. The Morgan fingerprint density at radius 1 is 1.28 bits per heavy atom. The molecule has 2 fully saturated rings. The molecule has 3 unspecified atom stereocenters. The quantitative estimate of drug-likeness (QED) is 0.772. The molecule has 1 N–H and O–H groups in total. The number of carboxylic acids is 1. The maximum absolute atomic E-state index is 10.8. The summed E-state index contributed by atoms with van der Waals surface area (Å²) < 4.78 is 11.2. The highest BCUT2D eigenvalue weighted by atomic mass is 16.5. The van der Waals surface area contributed by atoms with Gasteiger partial charge in [-0.1, -0.05) is 6.92 Å². The minimum Gasteiger partial charge on any atom is -0.479 e. The van der Waals surface area contributed by atoms with Crippen molar-refractivity contribution >= 4 is 5.97 Å². The Bertz CT molecular complexity index is 278. The van der Waals surface area contributed by atoms with Gasteiger partial charge in [0.2, 0.25) is 0 Å². The molecule has 0 aromatic heterocycles. The average molecular weight is 257 g/mol. The minimum absolute atomic E-state index is 0.0625. The normalized spacial score (nSPS) is 32.2. The maximum atomic E-state index is 10.8. The van der Waals surface area contributed by atoms with Crippen LogP contribution in [0.15, 0.2) is 0 Å². The molecule has 5 nitrogen and oxygen atoms in total. The molecule has 18 heavy (non-hydrogen) atoms. The van der Waals surface area contributed by atoms with Crippen LogP contribution in [0, 0.1) is 0 Å². The van der Waals surface area contributed by atoms with Crippen molar-refractivity contribution in [2.75, 3.05) is 26.2 Å². The van der Waals surface area contributed by atoms with Crippen LogP contribution in [0.5, 0.6) is 0 Å². The van der Waals surface area contributed by atoms with Gasteiger partial charge in [0.25, 0.3) is 0 Å². The van der Waals surface area contributed by atoms with Crippen LogP contribution in [0.3, 0.4) is 0 Å². The predicted octanol–water partition coefficient (Wildman–Crippen LogP) is 1.12. The first-order valence-corrected chi connectivity index (χ1v) is 6.91. The van der Waals surface area contributed by atoms with E-state index in [9.17, 15) is 4.79 Å². The molecule has 0 bridgehead atoms. The molecule has 2 saturated heterocycles. The smallest absolute Gasteiger partial charge is 0.332 e. The maximum Gasteiger partial charge on any atom is 0.332 e. The number of hydrogen-bond acceptors (Lipinski definition) is 4. The number of likely N-dealkylation sites (N-methyl/N-ethyl adjacent to an activating group) is 1. The third-order valence-corrected chi connectivity index (χ3v) is 3.78. The zero-order valence-corrected chi connectivity index (χ0v) is 11.0. The number of ether oxygens (including phenoxy) is 2. The van der Waals surface area contributed by atoms with E-state index in [4.69, 9.17) is 14.6 Å². The second kappa shape index (κ2) is 6.50. The van der Waals surface area contributed by atoms with Gasteiger partial charge < -0.3 is 14.6 Å². The molecule has 0 spiro atoms. The summed E-state index contributed by atoms with van der Waals surface area (Å²) in [6, 6.07) is 0. The van der Waals surface area contributed by atoms with Gasteiger partial charge in [0.1, 0.15) is 0 Å². The summed E-state index contributed by atoms with van der Waals surface area (Å²) in [5.41, 5.74) is 0. The summed E-state index contributed by atoms with van der Waals surface area (Å²) in [6.07, 6.45) is 3.59. The fourth-order valence-electron chi connectivity index (χ4n) is 2.72. The van der Waals surface area contributed by atoms with Crippen molar-refractivity contribution in [1.29, 1.82) is 0 Å². The highest BCUT2D eigenvalue weighted by Gasteiger charge is 2.31. The third-order valence-electron chi connectivity index (χ3n) is 3.78. The average Bonchev–Trinajstić information content (AvgIpc) is 2.99. The molecule has 2 heterocycles. The van der Waals surface area contributed by atoms with E-state index in [1.807, 2.05) is 0 Å². The van der Waals surface area contributed by atoms with Crippen LogP contribution in [0.1, 0.15) is 32.6 Å². The highest BCUT2D eigenvalue weighted by Crippen LogP contribution is 2.21. The molecule has 2 rings (SSSR count). The fourth-order valence-corrected chi connectivity index (χ4v) is 2.72. The Hall–Kier alpha value is -0.650. The largest absolute Gasteiger partial charge is 0.479 e. The lowest BCUT2D eigenvalue weighted by atomic mass is 10.1. The molecule has 104 valence electrons. The van der Waals surface area contributed by atoms with Crippen LogP contribution in [-0.2, 0) is 14.3 Å². The lowest BCUT2D eigenvalue weighted by Gasteiger charge is -2.26. The molecule has 0 aromatic rings. The Labute approximate surface area is 108 Å². The second-order valence-corrected chi connectivity index (χ2v) is 5.15. The van der Waals surface area contributed by atoms with Crippen molar-refractivity contribution in [3.8, 4) is 0 Å². The summed E-state index contributed by atoms with van der Waals surface area (Å²) in [6.45, 7) is 5.72. The van der Waals surface area contributed by atoms with Crippen LogP contribution in [0.4, 0.5) is 0 Å². The van der Waals surface area contributed by atoms with Gasteiger partial charge >= 0.3 is 5.97 Å². The molecule has 2 aliphatic rings. The molecular weight excluding hydrogens is 234 g/mol. The standard InChI is InChI=1S/C13H23NO4/c1-2-14(8-10-4-3-7-17-10)9-11-5-6-12(18-11)13(15)16/h10-12H,2-9H2,1H3,(H,15,16). The van der Waals surface area contributed by atoms with Crippen molar-refractivity contribution < 1.29 is 19.4 Å². The van der Waals surface area contributed by atoms with Crippen LogP contribution in [0.25, 0.3) is 0 Å².